The van der Waals surface area contributed by atoms with Crippen molar-refractivity contribution in [2.45, 2.75) is 6.92 Å². The molecule has 0 saturated heterocycles. The second-order valence-electron chi connectivity index (χ2n) is 23.2. The first-order chi connectivity index (χ1) is 44.3. The zero-order chi connectivity index (χ0) is 59.6. The van der Waals surface area contributed by atoms with Crippen LogP contribution in [-0.4, -0.2) is 17.0 Å². The standard InChI is InChI=1S/C80H52N6O4/c1-49-11-23-73-65(39-49)67-43-59(17-25-75(67)87-73)84(54-31-35-81-36-32-54)60-18-26-77-69(44-60)70-45-61(19-27-78(70)89-77)85(55-33-37-82-38-34-55)62-20-28-79-71(46-62)72-48-64(22-30-80(72)90-79)86(58-15-13-51-8-4-6-10-53(51)41-58)63-21-29-76-68(47-63)66-42-57(16-24-74(66)88-76)83(2)56-14-12-50-7-3-5-9-52(50)40-56/h3-48H,1-2H3. The molecule has 90 heavy (non-hydrogen) atoms. The first-order valence-corrected chi connectivity index (χ1v) is 30.1. The number of furan rings is 4. The Balaban J connectivity index is 0.750. The van der Waals surface area contributed by atoms with E-state index in [0.717, 1.165) is 156 Å². The highest BCUT2D eigenvalue weighted by molar-refractivity contribution is 6.13. The molecule has 0 aliphatic carbocycles. The normalized spacial score (nSPS) is 11.9. The van der Waals surface area contributed by atoms with Crippen LogP contribution in [0.5, 0.6) is 0 Å². The molecule has 10 nitrogen and oxygen atoms in total. The number of benzene rings is 12. The molecule has 12 aromatic carbocycles. The Hall–Kier alpha value is -12.1. The predicted molar refractivity (Wildman–Crippen MR) is 369 cm³/mol. The van der Waals surface area contributed by atoms with Crippen molar-refractivity contribution in [3.05, 3.63) is 285 Å². The van der Waals surface area contributed by atoms with E-state index in [2.05, 4.69) is 274 Å². The number of hydrogen-bond donors (Lipinski definition) is 0. The van der Waals surface area contributed by atoms with Crippen LogP contribution in [0.25, 0.3) is 109 Å². The molecule has 0 aliphatic heterocycles. The van der Waals surface area contributed by atoms with Crippen molar-refractivity contribution in [1.29, 1.82) is 0 Å². The Morgan fingerprint density at radius 2 is 0.489 bits per heavy atom. The van der Waals surface area contributed by atoms with Crippen molar-refractivity contribution < 1.29 is 17.7 Å². The summed E-state index contributed by atoms with van der Waals surface area (Å²) in [5.74, 6) is 0. The summed E-state index contributed by atoms with van der Waals surface area (Å²) >= 11 is 0. The minimum atomic E-state index is 0.784. The fraction of sp³-hybridized carbons (Fsp3) is 0.0250. The van der Waals surface area contributed by atoms with Gasteiger partial charge in [0.15, 0.2) is 0 Å². The third-order valence-electron chi connectivity index (χ3n) is 17.8. The molecule has 0 fully saturated rings. The molecule has 6 heterocycles. The number of rotatable bonds is 11. The average molecular weight is 1160 g/mol. The Morgan fingerprint density at radius 3 is 0.867 bits per heavy atom. The molecule has 0 amide bonds. The van der Waals surface area contributed by atoms with Crippen molar-refractivity contribution in [2.24, 2.45) is 0 Å². The highest BCUT2D eigenvalue weighted by Crippen LogP contribution is 2.47. The van der Waals surface area contributed by atoms with E-state index in [0.29, 0.717) is 0 Å². The second kappa shape index (κ2) is 20.2. The van der Waals surface area contributed by atoms with Crippen molar-refractivity contribution >= 4 is 172 Å². The van der Waals surface area contributed by atoms with Crippen LogP contribution in [0.2, 0.25) is 0 Å². The van der Waals surface area contributed by atoms with Gasteiger partial charge in [-0.05, 0) is 217 Å². The summed E-state index contributed by atoms with van der Waals surface area (Å²) in [4.78, 5) is 18.0. The molecule has 0 saturated carbocycles. The zero-order valence-corrected chi connectivity index (χ0v) is 48.9. The van der Waals surface area contributed by atoms with Crippen LogP contribution >= 0.6 is 0 Å². The van der Waals surface area contributed by atoms with Gasteiger partial charge < -0.3 is 37.3 Å². The molecular formula is C80H52N6O4. The summed E-state index contributed by atoms with van der Waals surface area (Å²) in [6.45, 7) is 2.11. The Kier molecular flexibility index (Phi) is 11.5. The van der Waals surface area contributed by atoms with Crippen molar-refractivity contribution in [3.63, 3.8) is 0 Å². The number of aryl methyl sites for hydroxylation is 1. The second-order valence-corrected chi connectivity index (χ2v) is 23.2. The van der Waals surface area contributed by atoms with Gasteiger partial charge in [0.25, 0.3) is 0 Å². The molecular weight excluding hydrogens is 1110 g/mol. The molecule has 6 aromatic heterocycles. The molecule has 0 bridgehead atoms. The number of anilines is 11. The van der Waals surface area contributed by atoms with E-state index in [-0.39, 0.29) is 0 Å². The van der Waals surface area contributed by atoms with Gasteiger partial charge in [0.2, 0.25) is 0 Å². The SMILES string of the molecule is Cc1ccc2oc3ccc(N(c4ccncc4)c4ccc5oc6ccc(N(c7ccncc7)c7ccc8oc9ccc(N(c%10ccc%11ccccc%11c%10)c%10ccc%11oc%12ccc(N(C)c%13ccc%14ccccc%14c%13)cc%12c%11c%10)cc9c8c7)cc6c5c4)cc3c2c1. The van der Waals surface area contributed by atoms with Crippen molar-refractivity contribution in [3.8, 4) is 0 Å². The van der Waals surface area contributed by atoms with E-state index < -0.39 is 0 Å². The summed E-state index contributed by atoms with van der Waals surface area (Å²) < 4.78 is 26.3. The van der Waals surface area contributed by atoms with Gasteiger partial charge in [0.05, 0.1) is 0 Å². The van der Waals surface area contributed by atoms with E-state index in [9.17, 15) is 0 Å². The minimum absolute atomic E-state index is 0.784. The van der Waals surface area contributed by atoms with Crippen LogP contribution in [-0.2, 0) is 0 Å². The van der Waals surface area contributed by atoms with Gasteiger partial charge in [-0.1, -0.05) is 72.3 Å². The van der Waals surface area contributed by atoms with Gasteiger partial charge in [-0.15, -0.1) is 0 Å². The van der Waals surface area contributed by atoms with Crippen LogP contribution in [0, 0.1) is 6.92 Å². The van der Waals surface area contributed by atoms with E-state index in [4.69, 9.17) is 17.7 Å². The molecule has 18 rings (SSSR count). The molecule has 0 atom stereocenters. The van der Waals surface area contributed by atoms with Crippen LogP contribution in [0.1, 0.15) is 5.56 Å². The lowest BCUT2D eigenvalue weighted by molar-refractivity contribution is 0.668. The number of nitrogens with zero attached hydrogens (tertiary/aromatic N) is 6. The molecule has 10 heteroatoms. The number of fused-ring (bicyclic) bond motifs is 14. The Bertz CT molecular complexity index is 5890. The number of hydrogen-bond acceptors (Lipinski definition) is 10. The monoisotopic (exact) mass is 1160 g/mol. The first kappa shape index (κ1) is 51.1. The number of aromatic nitrogens is 2. The van der Waals surface area contributed by atoms with Gasteiger partial charge >= 0.3 is 0 Å². The lowest BCUT2D eigenvalue weighted by Gasteiger charge is -2.26. The lowest BCUT2D eigenvalue weighted by Crippen LogP contribution is -2.10. The average Bonchev–Trinajstić information content (AvgIpc) is 1.75. The van der Waals surface area contributed by atoms with Crippen molar-refractivity contribution in [1.82, 2.24) is 9.97 Å². The highest BCUT2D eigenvalue weighted by atomic mass is 16.3. The van der Waals surface area contributed by atoms with E-state index in [1.54, 1.807) is 0 Å². The van der Waals surface area contributed by atoms with Gasteiger partial charge in [0, 0.05) is 137 Å². The molecule has 0 radical (unpaired) electrons. The summed E-state index contributed by atoms with van der Waals surface area (Å²) in [6, 6.07) is 90.0. The largest absolute Gasteiger partial charge is 0.456 e. The van der Waals surface area contributed by atoms with Gasteiger partial charge in [-0.3, -0.25) is 9.97 Å². The maximum Gasteiger partial charge on any atom is 0.135 e. The maximum atomic E-state index is 6.72. The van der Waals surface area contributed by atoms with E-state index in [1.807, 2.05) is 49.1 Å². The summed E-state index contributed by atoms with van der Waals surface area (Å²) in [5, 5.41) is 12.9. The molecule has 0 unspecified atom stereocenters. The third kappa shape index (κ3) is 8.48. The molecule has 18 aromatic rings. The molecule has 0 aliphatic rings. The topological polar surface area (TPSA) is 91.3 Å². The fourth-order valence-corrected chi connectivity index (χ4v) is 13.4. The van der Waals surface area contributed by atoms with Gasteiger partial charge in [0.1, 0.15) is 44.7 Å². The summed E-state index contributed by atoms with van der Waals surface area (Å²) in [5.41, 5.74) is 18.6. The molecule has 0 spiro atoms. The van der Waals surface area contributed by atoms with E-state index >= 15 is 0 Å². The van der Waals surface area contributed by atoms with Crippen LogP contribution in [0.3, 0.4) is 0 Å². The summed E-state index contributed by atoms with van der Waals surface area (Å²) in [7, 11) is 2.12. The molecule has 0 N–H and O–H groups in total. The van der Waals surface area contributed by atoms with Crippen LogP contribution < -0.4 is 19.6 Å². The maximum absolute atomic E-state index is 6.72. The minimum Gasteiger partial charge on any atom is -0.456 e. The van der Waals surface area contributed by atoms with Crippen LogP contribution in [0.15, 0.2) is 297 Å². The predicted octanol–water partition coefficient (Wildman–Crippen LogP) is 22.9. The van der Waals surface area contributed by atoms with Gasteiger partial charge in [-0.2, -0.15) is 0 Å². The number of pyridine rings is 2. The highest BCUT2D eigenvalue weighted by Gasteiger charge is 2.23. The summed E-state index contributed by atoms with van der Waals surface area (Å²) in [6.07, 6.45) is 7.34. The van der Waals surface area contributed by atoms with Gasteiger partial charge in [-0.25, -0.2) is 0 Å². The third-order valence-corrected chi connectivity index (χ3v) is 17.8. The fourth-order valence-electron chi connectivity index (χ4n) is 13.4. The first-order valence-electron chi connectivity index (χ1n) is 30.1. The Labute approximate surface area is 515 Å². The molecule has 426 valence electrons. The van der Waals surface area contributed by atoms with E-state index in [1.165, 1.54) is 21.7 Å². The smallest absolute Gasteiger partial charge is 0.135 e. The van der Waals surface area contributed by atoms with Crippen LogP contribution in [0.4, 0.5) is 62.6 Å². The van der Waals surface area contributed by atoms with Crippen molar-refractivity contribution in [2.75, 3.05) is 26.6 Å². The quantitative estimate of drug-likeness (QED) is 0.125. The lowest BCUT2D eigenvalue weighted by atomic mass is 10.1. The Morgan fingerprint density at radius 1 is 0.233 bits per heavy atom. The zero-order valence-electron chi connectivity index (χ0n) is 48.9.